The smallest absolute Gasteiger partial charge is 0.234 e. The Balaban J connectivity index is 1.57. The van der Waals surface area contributed by atoms with Gasteiger partial charge in [0.15, 0.2) is 5.16 Å². The Labute approximate surface area is 162 Å². The van der Waals surface area contributed by atoms with Crippen LogP contribution in [0.1, 0.15) is 12.7 Å². The molecule has 1 amide bonds. The van der Waals surface area contributed by atoms with Crippen LogP contribution in [0.2, 0.25) is 5.02 Å². The van der Waals surface area contributed by atoms with Crippen LogP contribution < -0.4 is 5.32 Å². The first-order valence-corrected chi connectivity index (χ1v) is 9.93. The van der Waals surface area contributed by atoms with Crippen LogP contribution in [0, 0.1) is 0 Å². The van der Waals surface area contributed by atoms with Gasteiger partial charge in [0, 0.05) is 19.6 Å². The molecule has 1 fully saturated rings. The van der Waals surface area contributed by atoms with Gasteiger partial charge in [-0.05, 0) is 19.1 Å². The van der Waals surface area contributed by atoms with Gasteiger partial charge in [-0.15, -0.1) is 10.2 Å². The molecule has 140 valence electrons. The van der Waals surface area contributed by atoms with Crippen molar-refractivity contribution < 1.29 is 9.53 Å². The SMILES string of the molecule is CCn1c(CN2CCOCC2)nnc1SCC(=O)Nc1ccccc1Cl. The monoisotopic (exact) mass is 395 g/mol. The highest BCUT2D eigenvalue weighted by molar-refractivity contribution is 7.99. The first-order valence-electron chi connectivity index (χ1n) is 8.56. The minimum absolute atomic E-state index is 0.122. The molecule has 0 atom stereocenters. The number of halogens is 1. The Hall–Kier alpha value is -1.61. The number of benzene rings is 1. The first-order chi connectivity index (χ1) is 12.7. The van der Waals surface area contributed by atoms with Crippen LogP contribution in [-0.2, 0) is 22.6 Å². The van der Waals surface area contributed by atoms with E-state index in [4.69, 9.17) is 16.3 Å². The van der Waals surface area contributed by atoms with Gasteiger partial charge >= 0.3 is 0 Å². The van der Waals surface area contributed by atoms with E-state index < -0.39 is 0 Å². The van der Waals surface area contributed by atoms with Crippen molar-refractivity contribution in [2.24, 2.45) is 0 Å². The summed E-state index contributed by atoms with van der Waals surface area (Å²) in [5.74, 6) is 1.05. The molecule has 0 radical (unpaired) electrons. The molecule has 1 aromatic heterocycles. The summed E-state index contributed by atoms with van der Waals surface area (Å²) in [6.07, 6.45) is 0. The van der Waals surface area contributed by atoms with Crippen molar-refractivity contribution in [1.82, 2.24) is 19.7 Å². The number of carbonyl (C=O) groups excluding carboxylic acids is 1. The highest BCUT2D eigenvalue weighted by atomic mass is 35.5. The largest absolute Gasteiger partial charge is 0.379 e. The normalized spacial score (nSPS) is 15.2. The van der Waals surface area contributed by atoms with Crippen molar-refractivity contribution >= 4 is 35.0 Å². The van der Waals surface area contributed by atoms with Crippen molar-refractivity contribution in [2.45, 2.75) is 25.2 Å². The number of nitrogens with zero attached hydrogens (tertiary/aromatic N) is 4. The van der Waals surface area contributed by atoms with Crippen molar-refractivity contribution in [3.63, 3.8) is 0 Å². The number of aromatic nitrogens is 3. The highest BCUT2D eigenvalue weighted by Crippen LogP contribution is 2.22. The molecule has 3 rings (SSSR count). The number of morpholine rings is 1. The van der Waals surface area contributed by atoms with E-state index >= 15 is 0 Å². The zero-order valence-electron chi connectivity index (χ0n) is 14.7. The molecule has 7 nitrogen and oxygen atoms in total. The van der Waals surface area contributed by atoms with E-state index in [0.29, 0.717) is 10.7 Å². The quantitative estimate of drug-likeness (QED) is 0.726. The van der Waals surface area contributed by atoms with E-state index in [9.17, 15) is 4.79 Å². The lowest BCUT2D eigenvalue weighted by molar-refractivity contribution is -0.113. The fourth-order valence-electron chi connectivity index (χ4n) is 2.70. The second-order valence-corrected chi connectivity index (χ2v) is 7.20. The van der Waals surface area contributed by atoms with Gasteiger partial charge < -0.3 is 14.6 Å². The Morgan fingerprint density at radius 1 is 1.31 bits per heavy atom. The lowest BCUT2D eigenvalue weighted by Gasteiger charge is -2.26. The van der Waals surface area contributed by atoms with E-state index in [0.717, 1.165) is 50.4 Å². The molecule has 0 saturated carbocycles. The van der Waals surface area contributed by atoms with Gasteiger partial charge in [-0.1, -0.05) is 35.5 Å². The summed E-state index contributed by atoms with van der Waals surface area (Å²) in [7, 11) is 0. The Bertz CT molecular complexity index is 749. The number of carbonyl (C=O) groups is 1. The summed E-state index contributed by atoms with van der Waals surface area (Å²) in [4.78, 5) is 14.5. The van der Waals surface area contributed by atoms with Crippen molar-refractivity contribution in [3.8, 4) is 0 Å². The van der Waals surface area contributed by atoms with E-state index in [1.165, 1.54) is 11.8 Å². The van der Waals surface area contributed by atoms with E-state index in [-0.39, 0.29) is 11.7 Å². The van der Waals surface area contributed by atoms with Gasteiger partial charge in [-0.2, -0.15) is 0 Å². The molecule has 1 aliphatic rings. The number of thioether (sulfide) groups is 1. The third kappa shape index (κ3) is 4.97. The van der Waals surface area contributed by atoms with Crippen LogP contribution in [-0.4, -0.2) is 57.6 Å². The van der Waals surface area contributed by atoms with Gasteiger partial charge in [0.05, 0.1) is 36.2 Å². The Kier molecular flexibility index (Phi) is 6.90. The van der Waals surface area contributed by atoms with Gasteiger partial charge in [-0.25, -0.2) is 0 Å². The van der Waals surface area contributed by atoms with E-state index in [1.54, 1.807) is 12.1 Å². The molecule has 26 heavy (non-hydrogen) atoms. The molecule has 1 aromatic carbocycles. The Morgan fingerprint density at radius 3 is 2.81 bits per heavy atom. The molecule has 0 bridgehead atoms. The van der Waals surface area contributed by atoms with Crippen LogP contribution >= 0.6 is 23.4 Å². The lowest BCUT2D eigenvalue weighted by Crippen LogP contribution is -2.36. The summed E-state index contributed by atoms with van der Waals surface area (Å²) in [6, 6.07) is 7.18. The predicted molar refractivity (Wildman–Crippen MR) is 103 cm³/mol. The minimum atomic E-state index is -0.122. The molecule has 1 aliphatic heterocycles. The third-order valence-corrected chi connectivity index (χ3v) is 5.36. The molecule has 0 aliphatic carbocycles. The average molecular weight is 396 g/mol. The molecular formula is C17H22ClN5O2S. The molecular weight excluding hydrogens is 374 g/mol. The number of nitrogens with one attached hydrogen (secondary N) is 1. The van der Waals surface area contributed by atoms with Crippen molar-refractivity contribution in [3.05, 3.63) is 35.1 Å². The summed E-state index contributed by atoms with van der Waals surface area (Å²) < 4.78 is 7.44. The van der Waals surface area contributed by atoms with Gasteiger partial charge in [0.2, 0.25) is 5.91 Å². The number of rotatable bonds is 7. The maximum absolute atomic E-state index is 12.2. The van der Waals surface area contributed by atoms with Crippen LogP contribution in [0.25, 0.3) is 0 Å². The van der Waals surface area contributed by atoms with Crippen LogP contribution in [0.3, 0.4) is 0 Å². The van der Waals surface area contributed by atoms with Gasteiger partial charge in [0.25, 0.3) is 0 Å². The van der Waals surface area contributed by atoms with E-state index in [1.807, 2.05) is 12.1 Å². The number of ether oxygens (including phenoxy) is 1. The fraction of sp³-hybridized carbons (Fsp3) is 0.471. The van der Waals surface area contributed by atoms with Gasteiger partial charge in [0.1, 0.15) is 5.82 Å². The fourth-order valence-corrected chi connectivity index (χ4v) is 3.70. The zero-order valence-corrected chi connectivity index (χ0v) is 16.2. The summed E-state index contributed by atoms with van der Waals surface area (Å²) in [5.41, 5.74) is 0.615. The Morgan fingerprint density at radius 2 is 2.08 bits per heavy atom. The summed E-state index contributed by atoms with van der Waals surface area (Å²) in [5, 5.41) is 12.7. The maximum Gasteiger partial charge on any atom is 0.234 e. The minimum Gasteiger partial charge on any atom is -0.379 e. The standard InChI is InChI=1S/C17H22ClN5O2S/c1-2-23-15(11-22-7-9-25-10-8-22)20-21-17(23)26-12-16(24)19-14-6-4-3-5-13(14)18/h3-6H,2,7-12H2,1H3,(H,19,24). The molecule has 9 heteroatoms. The molecule has 0 spiro atoms. The van der Waals surface area contributed by atoms with Crippen LogP contribution in [0.15, 0.2) is 29.4 Å². The number of para-hydroxylation sites is 1. The van der Waals surface area contributed by atoms with Crippen molar-refractivity contribution in [1.29, 1.82) is 0 Å². The number of amides is 1. The first kappa shape index (κ1) is 19.2. The number of hydrogen-bond donors (Lipinski definition) is 1. The van der Waals surface area contributed by atoms with Gasteiger partial charge in [-0.3, -0.25) is 9.69 Å². The summed E-state index contributed by atoms with van der Waals surface area (Å²) >= 11 is 7.45. The molecule has 1 N–H and O–H groups in total. The zero-order chi connectivity index (χ0) is 18.4. The van der Waals surface area contributed by atoms with E-state index in [2.05, 4.69) is 31.9 Å². The number of hydrogen-bond acceptors (Lipinski definition) is 6. The van der Waals surface area contributed by atoms with Crippen LogP contribution in [0.4, 0.5) is 5.69 Å². The molecule has 2 heterocycles. The summed E-state index contributed by atoms with van der Waals surface area (Å²) in [6.45, 7) is 6.88. The molecule has 2 aromatic rings. The van der Waals surface area contributed by atoms with Crippen molar-refractivity contribution in [2.75, 3.05) is 37.4 Å². The topological polar surface area (TPSA) is 72.3 Å². The lowest BCUT2D eigenvalue weighted by atomic mass is 10.3. The third-order valence-electron chi connectivity index (χ3n) is 4.06. The second-order valence-electron chi connectivity index (χ2n) is 5.85. The maximum atomic E-state index is 12.2. The molecule has 0 unspecified atom stereocenters. The van der Waals surface area contributed by atoms with Crippen LogP contribution in [0.5, 0.6) is 0 Å². The number of anilines is 1. The second kappa shape index (κ2) is 9.36. The highest BCUT2D eigenvalue weighted by Gasteiger charge is 2.17. The molecule has 1 saturated heterocycles. The predicted octanol–water partition coefficient (Wildman–Crippen LogP) is 2.51. The average Bonchev–Trinajstić information content (AvgIpc) is 3.04.